The molecule has 0 aliphatic rings. The van der Waals surface area contributed by atoms with Crippen LogP contribution in [-0.2, 0) is 14.4 Å². The van der Waals surface area contributed by atoms with E-state index in [0.29, 0.717) is 12.8 Å². The van der Waals surface area contributed by atoms with Crippen LogP contribution in [0.5, 0.6) is 0 Å². The fourth-order valence-electron chi connectivity index (χ4n) is 3.66. The van der Waals surface area contributed by atoms with Crippen LogP contribution in [0.3, 0.4) is 0 Å². The van der Waals surface area contributed by atoms with Crippen molar-refractivity contribution in [3.8, 4) is 0 Å². The van der Waals surface area contributed by atoms with Crippen molar-refractivity contribution >= 4 is 17.7 Å². The van der Waals surface area contributed by atoms with E-state index in [4.69, 9.17) is 5.73 Å². The largest absolute Gasteiger partial charge is 0.368 e. The molecule has 0 fully saturated rings. The Balaban J connectivity index is 3.88. The first kappa shape index (κ1) is 29.4. The quantitative estimate of drug-likeness (QED) is 0.233. The summed E-state index contributed by atoms with van der Waals surface area (Å²) >= 11 is 0. The summed E-state index contributed by atoms with van der Waals surface area (Å²) < 4.78 is 0. The molecule has 4 N–H and O–H groups in total. The molecule has 3 amide bonds. The van der Waals surface area contributed by atoms with E-state index in [1.165, 1.54) is 64.2 Å². The fourth-order valence-corrected chi connectivity index (χ4v) is 3.66. The number of carbonyl (C=O) groups is 3. The van der Waals surface area contributed by atoms with Gasteiger partial charge in [-0.25, -0.2) is 0 Å². The molecular weight excluding hydrogens is 390 g/mol. The van der Waals surface area contributed by atoms with Gasteiger partial charge in [-0.3, -0.25) is 14.4 Å². The van der Waals surface area contributed by atoms with E-state index in [2.05, 4.69) is 17.6 Å². The van der Waals surface area contributed by atoms with Gasteiger partial charge in [-0.2, -0.15) is 0 Å². The highest BCUT2D eigenvalue weighted by Crippen LogP contribution is 2.13. The molecule has 6 heteroatoms. The van der Waals surface area contributed by atoms with Crippen molar-refractivity contribution in [1.29, 1.82) is 0 Å². The predicted octanol–water partition coefficient (Wildman–Crippen LogP) is 4.99. The minimum absolute atomic E-state index is 0.101. The lowest BCUT2D eigenvalue weighted by atomic mass is 10.0. The summed E-state index contributed by atoms with van der Waals surface area (Å²) in [5.41, 5.74) is 5.21. The van der Waals surface area contributed by atoms with E-state index in [1.54, 1.807) is 6.92 Å². The summed E-state index contributed by atoms with van der Waals surface area (Å²) in [4.78, 5) is 35.8. The Morgan fingerprint density at radius 3 is 1.58 bits per heavy atom. The zero-order valence-corrected chi connectivity index (χ0v) is 20.6. The molecule has 0 aliphatic heterocycles. The van der Waals surface area contributed by atoms with Crippen molar-refractivity contribution in [2.75, 3.05) is 0 Å². The number of unbranched alkanes of at least 4 members (excludes halogenated alkanes) is 12. The number of nitrogens with two attached hydrogens (primary N) is 1. The van der Waals surface area contributed by atoms with Crippen LogP contribution in [0.4, 0.5) is 0 Å². The van der Waals surface area contributed by atoms with Gasteiger partial charge < -0.3 is 16.4 Å². The monoisotopic (exact) mass is 439 g/mol. The second kappa shape index (κ2) is 19.1. The van der Waals surface area contributed by atoms with Gasteiger partial charge in [0.15, 0.2) is 0 Å². The van der Waals surface area contributed by atoms with Crippen molar-refractivity contribution in [2.24, 2.45) is 11.7 Å². The van der Waals surface area contributed by atoms with E-state index in [1.807, 2.05) is 13.8 Å². The Bertz CT molecular complexity index is 494. The van der Waals surface area contributed by atoms with Gasteiger partial charge in [0.25, 0.3) is 0 Å². The number of hydrogen-bond donors (Lipinski definition) is 3. The highest BCUT2D eigenvalue weighted by atomic mass is 16.2. The zero-order chi connectivity index (χ0) is 23.5. The number of rotatable bonds is 20. The number of primary amides is 1. The molecule has 0 aromatic rings. The van der Waals surface area contributed by atoms with Gasteiger partial charge in [0.1, 0.15) is 12.1 Å². The zero-order valence-electron chi connectivity index (χ0n) is 20.6. The third-order valence-electron chi connectivity index (χ3n) is 5.65. The summed E-state index contributed by atoms with van der Waals surface area (Å²) in [6, 6.07) is -1.38. The topological polar surface area (TPSA) is 101 Å². The SMILES string of the molecule is CCCCCCCCCCCCCCCC(=O)NC(CC(C)C)C(=O)NC(C)C(N)=O. The Hall–Kier alpha value is -1.59. The molecule has 0 saturated carbocycles. The lowest BCUT2D eigenvalue weighted by molar-refractivity contribution is -0.131. The Kier molecular flexibility index (Phi) is 18.1. The summed E-state index contributed by atoms with van der Waals surface area (Å²) in [7, 11) is 0. The molecule has 182 valence electrons. The molecule has 0 radical (unpaired) electrons. The van der Waals surface area contributed by atoms with E-state index in [0.717, 1.165) is 19.3 Å². The molecule has 0 aliphatic carbocycles. The average Bonchev–Trinajstić information content (AvgIpc) is 2.70. The van der Waals surface area contributed by atoms with Gasteiger partial charge in [0.05, 0.1) is 0 Å². The molecule has 0 saturated heterocycles. The lowest BCUT2D eigenvalue weighted by Gasteiger charge is -2.21. The minimum Gasteiger partial charge on any atom is -0.368 e. The van der Waals surface area contributed by atoms with Crippen molar-refractivity contribution in [3.63, 3.8) is 0 Å². The minimum atomic E-state index is -0.750. The van der Waals surface area contributed by atoms with Crippen LogP contribution in [0.2, 0.25) is 0 Å². The summed E-state index contributed by atoms with van der Waals surface area (Å²) in [5.74, 6) is -0.791. The van der Waals surface area contributed by atoms with Crippen LogP contribution in [-0.4, -0.2) is 29.8 Å². The van der Waals surface area contributed by atoms with Gasteiger partial charge in [-0.05, 0) is 25.7 Å². The average molecular weight is 440 g/mol. The molecule has 0 spiro atoms. The number of nitrogens with one attached hydrogen (secondary N) is 2. The highest BCUT2D eigenvalue weighted by molar-refractivity contribution is 5.91. The van der Waals surface area contributed by atoms with Gasteiger partial charge >= 0.3 is 0 Å². The molecule has 0 heterocycles. The molecule has 0 bridgehead atoms. The van der Waals surface area contributed by atoms with Crippen molar-refractivity contribution in [3.05, 3.63) is 0 Å². The first-order valence-corrected chi connectivity index (χ1v) is 12.7. The molecule has 2 atom stereocenters. The molecule has 31 heavy (non-hydrogen) atoms. The molecule has 2 unspecified atom stereocenters. The van der Waals surface area contributed by atoms with Crippen LogP contribution in [0.15, 0.2) is 0 Å². The maximum absolute atomic E-state index is 12.4. The standard InChI is InChI=1S/C25H49N3O3/c1-5-6-7-8-9-10-11-12-13-14-15-16-17-18-23(29)28-22(19-20(2)3)25(31)27-21(4)24(26)30/h20-22H,5-19H2,1-4H3,(H2,26,30)(H,27,31)(H,28,29). The number of amides is 3. The smallest absolute Gasteiger partial charge is 0.243 e. The predicted molar refractivity (Wildman–Crippen MR) is 128 cm³/mol. The lowest BCUT2D eigenvalue weighted by Crippen LogP contribution is -2.52. The summed E-state index contributed by atoms with van der Waals surface area (Å²) in [5, 5.41) is 5.41. The van der Waals surface area contributed by atoms with E-state index in [-0.39, 0.29) is 17.7 Å². The van der Waals surface area contributed by atoms with Gasteiger partial charge in [0, 0.05) is 6.42 Å². The van der Waals surface area contributed by atoms with Crippen LogP contribution in [0.25, 0.3) is 0 Å². The van der Waals surface area contributed by atoms with E-state index in [9.17, 15) is 14.4 Å². The second-order valence-corrected chi connectivity index (χ2v) is 9.37. The fraction of sp³-hybridized carbons (Fsp3) is 0.880. The van der Waals surface area contributed by atoms with Gasteiger partial charge in [-0.15, -0.1) is 0 Å². The van der Waals surface area contributed by atoms with Crippen molar-refractivity contribution < 1.29 is 14.4 Å². The Morgan fingerprint density at radius 1 is 0.710 bits per heavy atom. The maximum Gasteiger partial charge on any atom is 0.243 e. The molecule has 0 rings (SSSR count). The Labute approximate surface area is 190 Å². The van der Waals surface area contributed by atoms with E-state index < -0.39 is 18.0 Å². The third-order valence-corrected chi connectivity index (χ3v) is 5.65. The molecule has 6 nitrogen and oxygen atoms in total. The van der Waals surface area contributed by atoms with Crippen molar-refractivity contribution in [1.82, 2.24) is 10.6 Å². The van der Waals surface area contributed by atoms with Crippen LogP contribution < -0.4 is 16.4 Å². The van der Waals surface area contributed by atoms with Gasteiger partial charge in [-0.1, -0.05) is 97.8 Å². The Morgan fingerprint density at radius 2 is 1.16 bits per heavy atom. The maximum atomic E-state index is 12.4. The van der Waals surface area contributed by atoms with Gasteiger partial charge in [0.2, 0.25) is 17.7 Å². The first-order chi connectivity index (χ1) is 14.8. The summed E-state index contributed by atoms with van der Waals surface area (Å²) in [6.45, 7) is 7.79. The number of hydrogen-bond acceptors (Lipinski definition) is 3. The number of carbonyl (C=O) groups excluding carboxylic acids is 3. The van der Waals surface area contributed by atoms with Crippen LogP contribution >= 0.6 is 0 Å². The van der Waals surface area contributed by atoms with E-state index >= 15 is 0 Å². The first-order valence-electron chi connectivity index (χ1n) is 12.7. The highest BCUT2D eigenvalue weighted by Gasteiger charge is 2.24. The summed E-state index contributed by atoms with van der Waals surface area (Å²) in [6.07, 6.45) is 17.4. The normalized spacial score (nSPS) is 13.1. The van der Waals surface area contributed by atoms with Crippen LogP contribution in [0, 0.1) is 5.92 Å². The van der Waals surface area contributed by atoms with Crippen LogP contribution in [0.1, 0.15) is 124 Å². The molecular formula is C25H49N3O3. The second-order valence-electron chi connectivity index (χ2n) is 9.37. The molecule has 0 aromatic heterocycles. The molecule has 0 aromatic carbocycles. The third kappa shape index (κ3) is 17.8. The van der Waals surface area contributed by atoms with Crippen molar-refractivity contribution in [2.45, 2.75) is 136 Å².